The summed E-state index contributed by atoms with van der Waals surface area (Å²) in [5, 5.41) is 109. The molecule has 11 N–H and O–H groups in total. The molecule has 3 aliphatic heterocycles. The van der Waals surface area contributed by atoms with E-state index in [4.69, 9.17) is 23.7 Å². The Hall–Kier alpha value is -0.640. The maximum atomic E-state index is 10.3. The second-order valence-corrected chi connectivity index (χ2v) is 8.37. The molecule has 3 saturated heterocycles. The molecular weight excluding hydrogens is 472 g/mol. The molecule has 200 valence electrons. The van der Waals surface area contributed by atoms with E-state index in [-0.39, 0.29) is 0 Å². The van der Waals surface area contributed by atoms with Crippen LogP contribution in [0.3, 0.4) is 0 Å². The summed E-state index contributed by atoms with van der Waals surface area (Å²) in [6, 6.07) is 0. The van der Waals surface area contributed by atoms with Gasteiger partial charge in [0.1, 0.15) is 73.2 Å². The lowest BCUT2D eigenvalue weighted by Crippen LogP contribution is -2.65. The quantitative estimate of drug-likeness (QED) is 0.154. The van der Waals surface area contributed by atoms with Crippen LogP contribution in [0.2, 0.25) is 0 Å². The normalized spacial score (nSPS) is 52.5. The fraction of sp³-hybridized carbons (Fsp3) is 1.00. The van der Waals surface area contributed by atoms with Crippen molar-refractivity contribution in [3.05, 3.63) is 0 Å². The Morgan fingerprint density at radius 2 is 1.03 bits per heavy atom. The summed E-state index contributed by atoms with van der Waals surface area (Å²) < 4.78 is 26.3. The van der Waals surface area contributed by atoms with Crippen molar-refractivity contribution in [3.63, 3.8) is 0 Å². The van der Waals surface area contributed by atoms with Gasteiger partial charge in [-0.05, 0) is 0 Å². The fourth-order valence-corrected chi connectivity index (χ4v) is 3.95. The lowest BCUT2D eigenvalue weighted by molar-refractivity contribution is -0.362. The zero-order valence-corrected chi connectivity index (χ0v) is 17.7. The van der Waals surface area contributed by atoms with Crippen molar-refractivity contribution in [2.24, 2.45) is 0 Å². The van der Waals surface area contributed by atoms with Crippen molar-refractivity contribution < 1.29 is 79.9 Å². The molecule has 0 unspecified atom stereocenters. The van der Waals surface area contributed by atoms with Crippen molar-refractivity contribution in [2.75, 3.05) is 19.8 Å². The van der Waals surface area contributed by atoms with E-state index < -0.39 is 112 Å². The van der Waals surface area contributed by atoms with Crippen LogP contribution in [-0.2, 0) is 23.7 Å². The summed E-state index contributed by atoms with van der Waals surface area (Å²) in [6.07, 6.45) is -24.9. The highest BCUT2D eigenvalue weighted by Crippen LogP contribution is 2.29. The molecule has 0 radical (unpaired) electrons. The van der Waals surface area contributed by atoms with Crippen molar-refractivity contribution in [2.45, 2.75) is 92.1 Å². The van der Waals surface area contributed by atoms with Gasteiger partial charge in [0.05, 0.1) is 19.8 Å². The van der Waals surface area contributed by atoms with Crippen LogP contribution >= 0.6 is 0 Å². The van der Waals surface area contributed by atoms with E-state index in [1.54, 1.807) is 0 Å². The van der Waals surface area contributed by atoms with Gasteiger partial charge >= 0.3 is 0 Å². The second-order valence-electron chi connectivity index (χ2n) is 8.37. The highest BCUT2D eigenvalue weighted by Gasteiger charge is 2.51. The molecule has 0 aromatic heterocycles. The molecule has 16 heteroatoms. The van der Waals surface area contributed by atoms with E-state index in [0.717, 1.165) is 0 Å². The number of rotatable bonds is 7. The zero-order valence-electron chi connectivity index (χ0n) is 17.7. The topological polar surface area (TPSA) is 269 Å². The van der Waals surface area contributed by atoms with Gasteiger partial charge in [-0.15, -0.1) is 0 Å². The molecular formula is C18H32O16. The van der Waals surface area contributed by atoms with Crippen molar-refractivity contribution >= 4 is 0 Å². The predicted molar refractivity (Wildman–Crippen MR) is 101 cm³/mol. The van der Waals surface area contributed by atoms with Gasteiger partial charge < -0.3 is 79.9 Å². The third-order valence-electron chi connectivity index (χ3n) is 6.07. The SMILES string of the molecule is OC[C@H]1O[C@@H](OC[C@@H]2O[C@@H](O[C@H]3[C@@H](O)[C@@H](O)[C@H](O)O[C@@H]3CO)[C@@H](O)[C@H](O)[C@@H]2O)[C@H](O)[C@H](O)[C@@H]1O. The minimum Gasteiger partial charge on any atom is -0.394 e. The lowest BCUT2D eigenvalue weighted by Gasteiger charge is -2.45. The van der Waals surface area contributed by atoms with E-state index >= 15 is 0 Å². The average molecular weight is 504 g/mol. The number of ether oxygens (including phenoxy) is 5. The molecule has 34 heavy (non-hydrogen) atoms. The molecule has 15 atom stereocenters. The first kappa shape index (κ1) is 27.9. The average Bonchev–Trinajstić information content (AvgIpc) is 2.82. The second kappa shape index (κ2) is 11.6. The van der Waals surface area contributed by atoms with Crippen LogP contribution < -0.4 is 0 Å². The Bertz CT molecular complexity index is 637. The Kier molecular flexibility index (Phi) is 9.54. The summed E-state index contributed by atoms with van der Waals surface area (Å²) in [5.74, 6) is 0. The van der Waals surface area contributed by atoms with Crippen LogP contribution in [0.1, 0.15) is 0 Å². The summed E-state index contributed by atoms with van der Waals surface area (Å²) in [4.78, 5) is 0. The largest absolute Gasteiger partial charge is 0.394 e. The van der Waals surface area contributed by atoms with E-state index in [1.807, 2.05) is 0 Å². The van der Waals surface area contributed by atoms with Gasteiger partial charge in [0, 0.05) is 0 Å². The van der Waals surface area contributed by atoms with Crippen molar-refractivity contribution in [1.29, 1.82) is 0 Å². The molecule has 3 fully saturated rings. The first-order chi connectivity index (χ1) is 16.0. The summed E-state index contributed by atoms with van der Waals surface area (Å²) in [7, 11) is 0. The lowest BCUT2D eigenvalue weighted by atomic mass is 9.97. The molecule has 0 saturated carbocycles. The minimum atomic E-state index is -1.87. The molecule has 0 amide bonds. The molecule has 0 aliphatic carbocycles. The smallest absolute Gasteiger partial charge is 0.187 e. The maximum Gasteiger partial charge on any atom is 0.187 e. The fourth-order valence-electron chi connectivity index (χ4n) is 3.95. The van der Waals surface area contributed by atoms with Gasteiger partial charge in [0.25, 0.3) is 0 Å². The summed E-state index contributed by atoms with van der Waals surface area (Å²) in [5.41, 5.74) is 0. The first-order valence-electron chi connectivity index (χ1n) is 10.6. The molecule has 0 bridgehead atoms. The van der Waals surface area contributed by atoms with E-state index in [0.29, 0.717) is 0 Å². The molecule has 0 spiro atoms. The van der Waals surface area contributed by atoms with Crippen LogP contribution in [-0.4, -0.2) is 168 Å². The predicted octanol–water partition coefficient (Wildman–Crippen LogP) is -7.57. The Morgan fingerprint density at radius 3 is 1.62 bits per heavy atom. The number of aliphatic hydroxyl groups is 11. The van der Waals surface area contributed by atoms with Crippen molar-refractivity contribution in [1.82, 2.24) is 0 Å². The number of aliphatic hydroxyl groups excluding tert-OH is 11. The maximum absolute atomic E-state index is 10.3. The Morgan fingerprint density at radius 1 is 0.500 bits per heavy atom. The molecule has 0 aromatic rings. The monoisotopic (exact) mass is 504 g/mol. The van der Waals surface area contributed by atoms with Gasteiger partial charge in [-0.2, -0.15) is 0 Å². The molecule has 3 rings (SSSR count). The van der Waals surface area contributed by atoms with Gasteiger partial charge in [0.15, 0.2) is 18.9 Å². The van der Waals surface area contributed by atoms with Crippen LogP contribution in [0.5, 0.6) is 0 Å². The Balaban J connectivity index is 1.66. The third kappa shape index (κ3) is 5.52. The van der Waals surface area contributed by atoms with Crippen molar-refractivity contribution in [3.8, 4) is 0 Å². The van der Waals surface area contributed by atoms with Gasteiger partial charge in [0.2, 0.25) is 0 Å². The molecule has 0 aromatic carbocycles. The molecule has 3 heterocycles. The summed E-state index contributed by atoms with van der Waals surface area (Å²) >= 11 is 0. The molecule has 3 aliphatic rings. The van der Waals surface area contributed by atoms with E-state index in [9.17, 15) is 56.2 Å². The van der Waals surface area contributed by atoms with Gasteiger partial charge in [-0.3, -0.25) is 0 Å². The standard InChI is InChI=1S/C18H32O16/c19-1-4-7(21)9(23)13(27)17(32-4)30-3-6-8(22)10(24)14(28)18(33-6)34-15-5(2-20)31-16(29)12(26)11(15)25/h4-29H,1-3H2/t4-,5-,6+,7-,8-,9-,10-,11+,12-,13-,14+,15-,16-,17-,18+/m1/s1. The highest BCUT2D eigenvalue weighted by molar-refractivity contribution is 4.94. The Labute approximate surface area is 192 Å². The molecule has 16 nitrogen and oxygen atoms in total. The third-order valence-corrected chi connectivity index (χ3v) is 6.07. The van der Waals surface area contributed by atoms with Gasteiger partial charge in [-0.1, -0.05) is 0 Å². The number of hydrogen-bond acceptors (Lipinski definition) is 16. The summed E-state index contributed by atoms with van der Waals surface area (Å²) in [6.45, 7) is -2.07. The first-order valence-corrected chi connectivity index (χ1v) is 10.6. The zero-order chi connectivity index (χ0) is 25.3. The van der Waals surface area contributed by atoms with Crippen LogP contribution in [0.25, 0.3) is 0 Å². The van der Waals surface area contributed by atoms with Crippen LogP contribution in [0.4, 0.5) is 0 Å². The van der Waals surface area contributed by atoms with E-state index in [1.165, 1.54) is 0 Å². The van der Waals surface area contributed by atoms with E-state index in [2.05, 4.69) is 0 Å². The van der Waals surface area contributed by atoms with Crippen LogP contribution in [0, 0.1) is 0 Å². The minimum absolute atomic E-state index is 0.609. The number of hydrogen-bond donors (Lipinski definition) is 11. The highest BCUT2D eigenvalue weighted by atomic mass is 16.7. The van der Waals surface area contributed by atoms with Gasteiger partial charge in [-0.25, -0.2) is 0 Å². The van der Waals surface area contributed by atoms with Crippen LogP contribution in [0.15, 0.2) is 0 Å².